The van der Waals surface area contributed by atoms with E-state index in [2.05, 4.69) is 29.0 Å². The third-order valence-electron chi connectivity index (χ3n) is 4.71. The summed E-state index contributed by atoms with van der Waals surface area (Å²) in [4.78, 5) is 4.95. The summed E-state index contributed by atoms with van der Waals surface area (Å²) in [7, 11) is 2.26. The van der Waals surface area contributed by atoms with Crippen molar-refractivity contribution in [2.24, 2.45) is 5.92 Å². The Kier molecular flexibility index (Phi) is 3.44. The Labute approximate surface area is 115 Å². The molecule has 0 aromatic heterocycles. The molecule has 1 aromatic carbocycles. The van der Waals surface area contributed by atoms with Crippen LogP contribution in [0.5, 0.6) is 0 Å². The van der Waals surface area contributed by atoms with Crippen molar-refractivity contribution >= 4 is 5.69 Å². The maximum Gasteiger partial charge on any atom is 0.101 e. The number of hydrogen-bond acceptors (Lipinski definition) is 3. The van der Waals surface area contributed by atoms with Crippen molar-refractivity contribution in [1.82, 2.24) is 4.90 Å². The highest BCUT2D eigenvalue weighted by Crippen LogP contribution is 2.32. The summed E-state index contributed by atoms with van der Waals surface area (Å²) in [5.41, 5.74) is 1.93. The maximum atomic E-state index is 9.24. The molecular formula is C16H21N3. The summed E-state index contributed by atoms with van der Waals surface area (Å²) in [6.07, 6.45) is 3.87. The lowest BCUT2D eigenvalue weighted by Gasteiger charge is -2.46. The summed E-state index contributed by atoms with van der Waals surface area (Å²) in [5, 5.41) is 9.24. The molecule has 3 nitrogen and oxygen atoms in total. The fourth-order valence-electron chi connectivity index (χ4n) is 3.72. The predicted octanol–water partition coefficient (Wildman–Crippen LogP) is 2.48. The van der Waals surface area contributed by atoms with Crippen molar-refractivity contribution < 1.29 is 0 Å². The standard InChI is InChI=1S/C16H21N3/c1-18-9-4-6-14-12-19(10-8-15(14)18)16-7-3-2-5-13(16)11-17/h2-3,5,7,14-15H,4,6,8-10,12H2,1H3. The first-order valence-corrected chi connectivity index (χ1v) is 7.24. The van der Waals surface area contributed by atoms with Gasteiger partial charge in [0.2, 0.25) is 0 Å². The van der Waals surface area contributed by atoms with Gasteiger partial charge in [-0.1, -0.05) is 12.1 Å². The monoisotopic (exact) mass is 255 g/mol. The van der Waals surface area contributed by atoms with Crippen molar-refractivity contribution in [3.63, 3.8) is 0 Å². The number of benzene rings is 1. The molecule has 0 bridgehead atoms. The molecule has 0 radical (unpaired) electrons. The van der Waals surface area contributed by atoms with Crippen LogP contribution in [0.15, 0.2) is 24.3 Å². The number of para-hydroxylation sites is 1. The topological polar surface area (TPSA) is 30.3 Å². The molecule has 0 amide bonds. The second-order valence-corrected chi connectivity index (χ2v) is 5.81. The molecule has 2 fully saturated rings. The Morgan fingerprint density at radius 2 is 2.05 bits per heavy atom. The third-order valence-corrected chi connectivity index (χ3v) is 4.71. The molecular weight excluding hydrogens is 234 g/mol. The van der Waals surface area contributed by atoms with Crippen molar-refractivity contribution in [3.8, 4) is 6.07 Å². The molecule has 1 aromatic rings. The molecule has 19 heavy (non-hydrogen) atoms. The highest BCUT2D eigenvalue weighted by molar-refractivity contribution is 5.59. The summed E-state index contributed by atoms with van der Waals surface area (Å²) >= 11 is 0. The summed E-state index contributed by atoms with van der Waals surface area (Å²) in [6, 6.07) is 11.1. The zero-order chi connectivity index (χ0) is 13.2. The van der Waals surface area contributed by atoms with E-state index in [0.717, 1.165) is 36.3 Å². The smallest absolute Gasteiger partial charge is 0.101 e. The van der Waals surface area contributed by atoms with Gasteiger partial charge in [0.15, 0.2) is 0 Å². The van der Waals surface area contributed by atoms with E-state index in [0.29, 0.717) is 0 Å². The Bertz CT molecular complexity index is 491. The lowest BCUT2D eigenvalue weighted by Crippen LogP contribution is -2.52. The van der Waals surface area contributed by atoms with Crippen LogP contribution in [-0.4, -0.2) is 37.6 Å². The van der Waals surface area contributed by atoms with E-state index in [9.17, 15) is 5.26 Å². The van der Waals surface area contributed by atoms with Gasteiger partial charge in [-0.05, 0) is 50.9 Å². The van der Waals surface area contributed by atoms with Crippen molar-refractivity contribution in [1.29, 1.82) is 5.26 Å². The lowest BCUT2D eigenvalue weighted by molar-refractivity contribution is 0.102. The van der Waals surface area contributed by atoms with E-state index in [1.165, 1.54) is 25.8 Å². The van der Waals surface area contributed by atoms with Crippen LogP contribution >= 0.6 is 0 Å². The number of piperidine rings is 2. The molecule has 100 valence electrons. The number of fused-ring (bicyclic) bond motifs is 1. The number of likely N-dealkylation sites (tertiary alicyclic amines) is 1. The number of nitrogens with zero attached hydrogens (tertiary/aromatic N) is 3. The second kappa shape index (κ2) is 5.22. The van der Waals surface area contributed by atoms with Gasteiger partial charge in [-0.25, -0.2) is 0 Å². The Morgan fingerprint density at radius 1 is 1.21 bits per heavy atom. The molecule has 2 aliphatic heterocycles. The predicted molar refractivity (Wildman–Crippen MR) is 77.1 cm³/mol. The first kappa shape index (κ1) is 12.5. The molecule has 2 unspecified atom stereocenters. The first-order chi connectivity index (χ1) is 9.29. The number of nitriles is 1. The summed E-state index contributed by atoms with van der Waals surface area (Å²) in [6.45, 7) is 3.42. The average molecular weight is 255 g/mol. The van der Waals surface area contributed by atoms with E-state index in [1.807, 2.05) is 18.2 Å². The third kappa shape index (κ3) is 2.33. The minimum absolute atomic E-state index is 0.749. The fraction of sp³-hybridized carbons (Fsp3) is 0.562. The van der Waals surface area contributed by atoms with Crippen LogP contribution in [0.25, 0.3) is 0 Å². The summed E-state index contributed by atoms with van der Waals surface area (Å²) < 4.78 is 0. The van der Waals surface area contributed by atoms with Crippen LogP contribution in [0.2, 0.25) is 0 Å². The highest BCUT2D eigenvalue weighted by atomic mass is 15.2. The zero-order valence-electron chi connectivity index (χ0n) is 11.5. The van der Waals surface area contributed by atoms with Crippen LogP contribution in [0.4, 0.5) is 5.69 Å². The van der Waals surface area contributed by atoms with Gasteiger partial charge in [-0.15, -0.1) is 0 Å². The Morgan fingerprint density at radius 3 is 2.89 bits per heavy atom. The summed E-state index contributed by atoms with van der Waals surface area (Å²) in [5.74, 6) is 0.763. The van der Waals surface area contributed by atoms with Crippen LogP contribution in [-0.2, 0) is 0 Å². The van der Waals surface area contributed by atoms with Crippen LogP contribution in [0.1, 0.15) is 24.8 Å². The second-order valence-electron chi connectivity index (χ2n) is 5.81. The molecule has 0 spiro atoms. The van der Waals surface area contributed by atoms with E-state index in [4.69, 9.17) is 0 Å². The highest BCUT2D eigenvalue weighted by Gasteiger charge is 2.34. The lowest BCUT2D eigenvalue weighted by atomic mass is 9.84. The van der Waals surface area contributed by atoms with Crippen molar-refractivity contribution in [2.45, 2.75) is 25.3 Å². The quantitative estimate of drug-likeness (QED) is 0.772. The van der Waals surface area contributed by atoms with Gasteiger partial charge < -0.3 is 9.80 Å². The van der Waals surface area contributed by atoms with E-state index in [-0.39, 0.29) is 0 Å². The van der Waals surface area contributed by atoms with Crippen LogP contribution in [0, 0.1) is 17.2 Å². The molecule has 2 aliphatic rings. The normalized spacial score (nSPS) is 27.7. The minimum atomic E-state index is 0.749. The molecule has 0 saturated carbocycles. The maximum absolute atomic E-state index is 9.24. The van der Waals surface area contributed by atoms with Gasteiger partial charge in [0.25, 0.3) is 0 Å². The number of hydrogen-bond donors (Lipinski definition) is 0. The Hall–Kier alpha value is -1.53. The zero-order valence-corrected chi connectivity index (χ0v) is 11.5. The van der Waals surface area contributed by atoms with E-state index in [1.54, 1.807) is 0 Å². The molecule has 3 heteroatoms. The molecule has 2 heterocycles. The van der Waals surface area contributed by atoms with Crippen molar-refractivity contribution in [3.05, 3.63) is 29.8 Å². The van der Waals surface area contributed by atoms with Gasteiger partial charge in [0.1, 0.15) is 6.07 Å². The fourth-order valence-corrected chi connectivity index (χ4v) is 3.72. The first-order valence-electron chi connectivity index (χ1n) is 7.24. The molecule has 0 aliphatic carbocycles. The van der Waals surface area contributed by atoms with Gasteiger partial charge in [-0.3, -0.25) is 0 Å². The van der Waals surface area contributed by atoms with Gasteiger partial charge in [0, 0.05) is 19.1 Å². The van der Waals surface area contributed by atoms with E-state index < -0.39 is 0 Å². The number of rotatable bonds is 1. The van der Waals surface area contributed by atoms with Gasteiger partial charge in [-0.2, -0.15) is 5.26 Å². The van der Waals surface area contributed by atoms with E-state index >= 15 is 0 Å². The van der Waals surface area contributed by atoms with Crippen LogP contribution in [0.3, 0.4) is 0 Å². The molecule has 2 atom stereocenters. The molecule has 2 saturated heterocycles. The largest absolute Gasteiger partial charge is 0.370 e. The van der Waals surface area contributed by atoms with Gasteiger partial charge >= 0.3 is 0 Å². The average Bonchev–Trinajstić information content (AvgIpc) is 2.47. The van der Waals surface area contributed by atoms with Crippen LogP contribution < -0.4 is 4.90 Å². The molecule has 0 N–H and O–H groups in total. The number of anilines is 1. The van der Waals surface area contributed by atoms with Crippen molar-refractivity contribution in [2.75, 3.05) is 31.6 Å². The Balaban J connectivity index is 1.79. The molecule has 3 rings (SSSR count). The SMILES string of the molecule is CN1CCCC2CN(c3ccccc3C#N)CCC21. The van der Waals surface area contributed by atoms with Gasteiger partial charge in [0.05, 0.1) is 11.3 Å². The minimum Gasteiger partial charge on any atom is -0.370 e.